The van der Waals surface area contributed by atoms with E-state index in [1.54, 1.807) is 13.1 Å². The van der Waals surface area contributed by atoms with Crippen LogP contribution in [-0.2, 0) is 6.42 Å². The van der Waals surface area contributed by atoms with E-state index in [0.717, 1.165) is 49.7 Å². The van der Waals surface area contributed by atoms with Crippen LogP contribution in [0.15, 0.2) is 36.5 Å². The van der Waals surface area contributed by atoms with Crippen molar-refractivity contribution in [1.29, 1.82) is 0 Å². The van der Waals surface area contributed by atoms with Crippen molar-refractivity contribution in [2.24, 2.45) is 0 Å². The van der Waals surface area contributed by atoms with Gasteiger partial charge in [-0.3, -0.25) is 4.98 Å². The fourth-order valence-electron chi connectivity index (χ4n) is 3.24. The van der Waals surface area contributed by atoms with E-state index in [9.17, 15) is 5.11 Å². The van der Waals surface area contributed by atoms with E-state index in [1.165, 1.54) is 5.69 Å². The quantitative estimate of drug-likeness (QED) is 0.905. The topological polar surface area (TPSA) is 48.8 Å². The number of pyridine rings is 1. The molecule has 1 fully saturated rings. The third-order valence-electron chi connectivity index (χ3n) is 4.71. The molecule has 1 unspecified atom stereocenters. The molecule has 1 aliphatic rings. The summed E-state index contributed by atoms with van der Waals surface area (Å²) in [4.78, 5) is 9.04. The summed E-state index contributed by atoms with van der Waals surface area (Å²) in [6.45, 7) is 8.00. The van der Waals surface area contributed by atoms with E-state index in [4.69, 9.17) is 4.74 Å². The van der Waals surface area contributed by atoms with Crippen LogP contribution in [0.5, 0.6) is 11.5 Å². The van der Waals surface area contributed by atoms with Crippen LogP contribution < -0.4 is 9.64 Å². The number of aliphatic hydroxyl groups is 1. The highest BCUT2D eigenvalue weighted by atomic mass is 16.5. The molecule has 25 heavy (non-hydrogen) atoms. The molecule has 2 aromatic rings. The lowest BCUT2D eigenvalue weighted by Crippen LogP contribution is -2.44. The summed E-state index contributed by atoms with van der Waals surface area (Å²) < 4.78 is 6.16. The van der Waals surface area contributed by atoms with Crippen LogP contribution in [0.2, 0.25) is 0 Å². The van der Waals surface area contributed by atoms with Gasteiger partial charge in [0.15, 0.2) is 0 Å². The lowest BCUT2D eigenvalue weighted by molar-refractivity contribution is 0.192. The van der Waals surface area contributed by atoms with Gasteiger partial charge in [-0.2, -0.15) is 0 Å². The summed E-state index contributed by atoms with van der Waals surface area (Å²) in [6.07, 6.45) is 1.86. The molecule has 5 heteroatoms. The van der Waals surface area contributed by atoms with Gasteiger partial charge in [0.1, 0.15) is 11.5 Å². The molecule has 0 saturated carbocycles. The van der Waals surface area contributed by atoms with Crippen LogP contribution in [-0.4, -0.2) is 48.2 Å². The van der Waals surface area contributed by atoms with E-state index in [1.807, 2.05) is 18.2 Å². The van der Waals surface area contributed by atoms with Crippen molar-refractivity contribution in [3.8, 4) is 11.5 Å². The van der Waals surface area contributed by atoms with Crippen LogP contribution >= 0.6 is 0 Å². The Bertz CT molecular complexity index is 710. The second-order valence-corrected chi connectivity index (χ2v) is 6.59. The fraction of sp³-hybridized carbons (Fsp3) is 0.450. The van der Waals surface area contributed by atoms with Gasteiger partial charge in [-0.1, -0.05) is 13.0 Å². The van der Waals surface area contributed by atoms with E-state index in [0.29, 0.717) is 5.69 Å². The van der Waals surface area contributed by atoms with Gasteiger partial charge in [-0.25, -0.2) is 0 Å². The Morgan fingerprint density at radius 3 is 2.64 bits per heavy atom. The number of ether oxygens (including phenoxy) is 1. The standard InChI is InChI=1S/C20H27N3O2/c1-4-18-19(8-9-21-20(18)15(2)24)25-17-7-5-6-16(14-17)23-12-10-22(3)11-13-23/h5-9,14-15,24H,4,10-13H2,1-3H3. The summed E-state index contributed by atoms with van der Waals surface area (Å²) in [6, 6.07) is 10.1. The molecule has 2 heterocycles. The van der Waals surface area contributed by atoms with Crippen molar-refractivity contribution >= 4 is 5.69 Å². The number of hydrogen-bond donors (Lipinski definition) is 1. The average Bonchev–Trinajstić information content (AvgIpc) is 2.62. The van der Waals surface area contributed by atoms with E-state index >= 15 is 0 Å². The number of benzene rings is 1. The van der Waals surface area contributed by atoms with Crippen molar-refractivity contribution in [2.75, 3.05) is 38.1 Å². The molecule has 0 amide bonds. The van der Waals surface area contributed by atoms with E-state index in [-0.39, 0.29) is 0 Å². The third-order valence-corrected chi connectivity index (χ3v) is 4.71. The first-order valence-corrected chi connectivity index (χ1v) is 8.95. The van der Waals surface area contributed by atoms with Gasteiger partial charge >= 0.3 is 0 Å². The zero-order valence-electron chi connectivity index (χ0n) is 15.3. The summed E-state index contributed by atoms with van der Waals surface area (Å²) >= 11 is 0. The number of hydrogen-bond acceptors (Lipinski definition) is 5. The van der Waals surface area contributed by atoms with Gasteiger partial charge in [0.25, 0.3) is 0 Å². The van der Waals surface area contributed by atoms with Gasteiger partial charge < -0.3 is 19.6 Å². The maximum atomic E-state index is 9.93. The first-order valence-electron chi connectivity index (χ1n) is 8.95. The van der Waals surface area contributed by atoms with Crippen LogP contribution in [0.1, 0.15) is 31.2 Å². The lowest BCUT2D eigenvalue weighted by atomic mass is 10.1. The zero-order chi connectivity index (χ0) is 17.8. The molecule has 0 bridgehead atoms. The highest BCUT2D eigenvalue weighted by Gasteiger charge is 2.16. The molecular weight excluding hydrogens is 314 g/mol. The van der Waals surface area contributed by atoms with Gasteiger partial charge in [0.2, 0.25) is 0 Å². The molecule has 1 N–H and O–H groups in total. The van der Waals surface area contributed by atoms with Gasteiger partial charge in [-0.05, 0) is 38.6 Å². The maximum Gasteiger partial charge on any atom is 0.134 e. The number of likely N-dealkylation sites (N-methyl/N-ethyl adjacent to an activating group) is 1. The minimum absolute atomic E-state index is 0.602. The fourth-order valence-corrected chi connectivity index (χ4v) is 3.24. The predicted molar refractivity (Wildman–Crippen MR) is 100 cm³/mol. The first kappa shape index (κ1) is 17.7. The minimum atomic E-state index is -0.602. The predicted octanol–water partition coefficient (Wildman–Crippen LogP) is 3.24. The first-order chi connectivity index (χ1) is 12.1. The van der Waals surface area contributed by atoms with Gasteiger partial charge in [0, 0.05) is 49.7 Å². The van der Waals surface area contributed by atoms with Crippen LogP contribution in [0.4, 0.5) is 5.69 Å². The minimum Gasteiger partial charge on any atom is -0.457 e. The monoisotopic (exact) mass is 341 g/mol. The second-order valence-electron chi connectivity index (χ2n) is 6.59. The third kappa shape index (κ3) is 4.11. The Kier molecular flexibility index (Phi) is 5.56. The Balaban J connectivity index is 1.82. The summed E-state index contributed by atoms with van der Waals surface area (Å²) in [5.74, 6) is 1.58. The van der Waals surface area contributed by atoms with Crippen LogP contribution in [0.3, 0.4) is 0 Å². The Hall–Kier alpha value is -2.11. The number of rotatable bonds is 5. The molecule has 0 aliphatic carbocycles. The number of piperazine rings is 1. The highest BCUT2D eigenvalue weighted by Crippen LogP contribution is 2.31. The van der Waals surface area contributed by atoms with Gasteiger partial charge in [-0.15, -0.1) is 0 Å². The summed E-state index contributed by atoms with van der Waals surface area (Å²) in [7, 11) is 2.16. The van der Waals surface area contributed by atoms with E-state index < -0.39 is 6.10 Å². The van der Waals surface area contributed by atoms with Crippen molar-refractivity contribution in [2.45, 2.75) is 26.4 Å². The molecule has 5 nitrogen and oxygen atoms in total. The highest BCUT2D eigenvalue weighted by molar-refractivity contribution is 5.52. The number of anilines is 1. The smallest absolute Gasteiger partial charge is 0.134 e. The maximum absolute atomic E-state index is 9.93. The van der Waals surface area contributed by atoms with Crippen molar-refractivity contribution in [3.63, 3.8) is 0 Å². The van der Waals surface area contributed by atoms with Crippen LogP contribution in [0, 0.1) is 0 Å². The Morgan fingerprint density at radius 2 is 1.96 bits per heavy atom. The zero-order valence-corrected chi connectivity index (χ0v) is 15.3. The molecule has 1 aromatic heterocycles. The SMILES string of the molecule is CCc1c(Oc2cccc(N3CCN(C)CC3)c2)ccnc1C(C)O. The van der Waals surface area contributed by atoms with Gasteiger partial charge in [0.05, 0.1) is 11.8 Å². The molecule has 1 saturated heterocycles. The molecule has 0 spiro atoms. The summed E-state index contributed by atoms with van der Waals surface area (Å²) in [5, 5.41) is 9.93. The van der Waals surface area contributed by atoms with E-state index in [2.05, 4.69) is 40.9 Å². The Morgan fingerprint density at radius 1 is 1.20 bits per heavy atom. The van der Waals surface area contributed by atoms with Crippen molar-refractivity contribution < 1.29 is 9.84 Å². The number of nitrogens with zero attached hydrogens (tertiary/aromatic N) is 3. The molecule has 1 aromatic carbocycles. The Labute approximate surface area is 149 Å². The normalized spacial score (nSPS) is 16.7. The summed E-state index contributed by atoms with van der Waals surface area (Å²) in [5.41, 5.74) is 2.84. The molecule has 0 radical (unpaired) electrons. The molecule has 134 valence electrons. The largest absolute Gasteiger partial charge is 0.457 e. The number of aromatic nitrogens is 1. The lowest BCUT2D eigenvalue weighted by Gasteiger charge is -2.34. The molecular formula is C20H27N3O2. The average molecular weight is 341 g/mol. The molecule has 1 atom stereocenters. The van der Waals surface area contributed by atoms with Crippen LogP contribution in [0.25, 0.3) is 0 Å². The molecule has 3 rings (SSSR count). The van der Waals surface area contributed by atoms with Crippen molar-refractivity contribution in [1.82, 2.24) is 9.88 Å². The number of aliphatic hydroxyl groups excluding tert-OH is 1. The van der Waals surface area contributed by atoms with Crippen molar-refractivity contribution in [3.05, 3.63) is 47.8 Å². The second kappa shape index (κ2) is 7.85. The molecule has 1 aliphatic heterocycles.